The van der Waals surface area contributed by atoms with Crippen LogP contribution in [0.2, 0.25) is 0 Å². The zero-order valence-electron chi connectivity index (χ0n) is 10.4. The zero-order valence-corrected chi connectivity index (χ0v) is 11.3. The van der Waals surface area contributed by atoms with E-state index in [0.717, 1.165) is 6.42 Å². The Labute approximate surface area is 107 Å². The van der Waals surface area contributed by atoms with Gasteiger partial charge in [-0.15, -0.1) is 0 Å². The Morgan fingerprint density at radius 2 is 1.78 bits per heavy atom. The van der Waals surface area contributed by atoms with E-state index in [0.29, 0.717) is 6.54 Å². The van der Waals surface area contributed by atoms with Gasteiger partial charge in [-0.1, -0.05) is 42.5 Å². The molecule has 5 heteroatoms. The minimum absolute atomic E-state index is 0.582. The number of hydrogen-bond donors (Lipinski definition) is 2. The molecule has 2 aromatic carbocycles. The summed E-state index contributed by atoms with van der Waals surface area (Å²) in [7, 11) is -1.43. The predicted molar refractivity (Wildman–Crippen MR) is 76.3 cm³/mol. The predicted octanol–water partition coefficient (Wildman–Crippen LogP) is 2.34. The van der Waals surface area contributed by atoms with Crippen LogP contribution in [0.25, 0.3) is 10.8 Å². The second-order valence-corrected chi connectivity index (χ2v) is 6.47. The van der Waals surface area contributed by atoms with E-state index < -0.39 is 7.59 Å². The van der Waals surface area contributed by atoms with Crippen LogP contribution in [0.1, 0.15) is 5.56 Å². The molecule has 0 bridgehead atoms. The van der Waals surface area contributed by atoms with Gasteiger partial charge in [-0.05, 0) is 29.8 Å². The zero-order chi connectivity index (χ0) is 13.2. The summed E-state index contributed by atoms with van der Waals surface area (Å²) >= 11 is 0. The molecule has 0 aliphatic carbocycles. The van der Waals surface area contributed by atoms with Gasteiger partial charge in [0.15, 0.2) is 0 Å². The van der Waals surface area contributed by atoms with Crippen LogP contribution in [0, 0.1) is 0 Å². The first-order chi connectivity index (χ1) is 8.48. The fourth-order valence-electron chi connectivity index (χ4n) is 1.95. The van der Waals surface area contributed by atoms with Crippen molar-refractivity contribution in [2.24, 2.45) is 11.0 Å². The van der Waals surface area contributed by atoms with Gasteiger partial charge in [0.05, 0.1) is 0 Å². The smallest absolute Gasteiger partial charge is 0.271 e. The third kappa shape index (κ3) is 2.98. The quantitative estimate of drug-likeness (QED) is 0.830. The van der Waals surface area contributed by atoms with E-state index >= 15 is 0 Å². The van der Waals surface area contributed by atoms with Crippen LogP contribution in [-0.2, 0) is 11.0 Å². The fraction of sp³-hybridized carbons (Fsp3) is 0.231. The Hall–Kier alpha value is -1.19. The molecule has 0 spiro atoms. The van der Waals surface area contributed by atoms with Gasteiger partial charge in [-0.3, -0.25) is 15.6 Å². The Kier molecular flexibility index (Phi) is 3.83. The summed E-state index contributed by atoms with van der Waals surface area (Å²) in [5.41, 5.74) is 12.0. The van der Waals surface area contributed by atoms with Crippen molar-refractivity contribution in [3.8, 4) is 0 Å². The number of benzene rings is 2. The van der Waals surface area contributed by atoms with Crippen molar-refractivity contribution in [3.05, 3.63) is 48.0 Å². The summed E-state index contributed by atoms with van der Waals surface area (Å²) in [6.45, 7) is 0.582. The first-order valence-electron chi connectivity index (χ1n) is 5.84. The highest BCUT2D eigenvalue weighted by Gasteiger charge is 2.15. The van der Waals surface area contributed by atoms with E-state index in [9.17, 15) is 4.57 Å². The van der Waals surface area contributed by atoms with Crippen LogP contribution in [0.4, 0.5) is 0 Å². The molecule has 2 rings (SSSR count). The molecule has 0 amide bonds. The van der Waals surface area contributed by atoms with Gasteiger partial charge >= 0.3 is 0 Å². The molecule has 0 unspecified atom stereocenters. The Morgan fingerprint density at radius 3 is 2.50 bits per heavy atom. The lowest BCUT2D eigenvalue weighted by Crippen LogP contribution is -2.27. The standard InChI is InChI=1S/C13H18N3OP/c1-16(18(14,15)17)10-9-12-7-4-6-11-5-2-3-8-13(11)12/h2-8H,9-10H2,1H3,(H4,14,15,17). The minimum atomic E-state index is -3.12. The van der Waals surface area contributed by atoms with Crippen LogP contribution in [-0.4, -0.2) is 18.3 Å². The van der Waals surface area contributed by atoms with Gasteiger partial charge in [0, 0.05) is 6.54 Å². The highest BCUT2D eigenvalue weighted by atomic mass is 31.2. The molecule has 0 heterocycles. The molecule has 0 aliphatic heterocycles. The summed E-state index contributed by atoms with van der Waals surface area (Å²) in [5.74, 6) is 0. The van der Waals surface area contributed by atoms with Gasteiger partial charge < -0.3 is 0 Å². The van der Waals surface area contributed by atoms with E-state index in [4.69, 9.17) is 11.0 Å². The Morgan fingerprint density at radius 1 is 1.11 bits per heavy atom. The first kappa shape index (κ1) is 13.2. The maximum Gasteiger partial charge on any atom is 0.276 e. The van der Waals surface area contributed by atoms with Gasteiger partial charge in [-0.2, -0.15) is 0 Å². The summed E-state index contributed by atoms with van der Waals surface area (Å²) in [6, 6.07) is 14.4. The lowest BCUT2D eigenvalue weighted by atomic mass is 10.0. The summed E-state index contributed by atoms with van der Waals surface area (Å²) < 4.78 is 13.0. The lowest BCUT2D eigenvalue weighted by Gasteiger charge is -2.20. The SMILES string of the molecule is CN(CCc1cccc2ccccc12)P(N)(N)=O. The molecule has 96 valence electrons. The van der Waals surface area contributed by atoms with Crippen molar-refractivity contribution in [1.82, 2.24) is 4.67 Å². The average molecular weight is 263 g/mol. The van der Waals surface area contributed by atoms with E-state index in [2.05, 4.69) is 24.3 Å². The second-order valence-electron chi connectivity index (χ2n) is 4.44. The number of likely N-dealkylation sites (N-methyl/N-ethyl adjacent to an activating group) is 1. The minimum Gasteiger partial charge on any atom is -0.271 e. The largest absolute Gasteiger partial charge is 0.276 e. The molecule has 4 N–H and O–H groups in total. The molecule has 0 saturated carbocycles. The topological polar surface area (TPSA) is 72.3 Å². The molecular weight excluding hydrogens is 245 g/mol. The normalized spacial score (nSPS) is 12.2. The van der Waals surface area contributed by atoms with Crippen LogP contribution in [0.3, 0.4) is 0 Å². The Balaban J connectivity index is 2.20. The summed E-state index contributed by atoms with van der Waals surface area (Å²) in [4.78, 5) is 0. The number of nitrogens with zero attached hydrogens (tertiary/aromatic N) is 1. The van der Waals surface area contributed by atoms with E-state index in [1.54, 1.807) is 7.05 Å². The number of fused-ring (bicyclic) bond motifs is 1. The summed E-state index contributed by atoms with van der Waals surface area (Å²) in [6.07, 6.45) is 0.774. The number of hydrogen-bond acceptors (Lipinski definition) is 1. The third-order valence-corrected chi connectivity index (χ3v) is 4.39. The maximum atomic E-state index is 11.5. The molecule has 4 nitrogen and oxygen atoms in total. The maximum absolute atomic E-state index is 11.5. The van der Waals surface area contributed by atoms with Crippen LogP contribution < -0.4 is 11.0 Å². The molecule has 0 fully saturated rings. The van der Waals surface area contributed by atoms with Crippen molar-refractivity contribution in [2.75, 3.05) is 13.6 Å². The van der Waals surface area contributed by atoms with Crippen LogP contribution in [0.15, 0.2) is 42.5 Å². The Bertz CT molecular complexity index is 588. The summed E-state index contributed by atoms with van der Waals surface area (Å²) in [5, 5.41) is 2.43. The van der Waals surface area contributed by atoms with Gasteiger partial charge in [-0.25, -0.2) is 4.67 Å². The van der Waals surface area contributed by atoms with Crippen molar-refractivity contribution >= 4 is 18.4 Å². The van der Waals surface area contributed by atoms with Crippen molar-refractivity contribution < 1.29 is 4.57 Å². The average Bonchev–Trinajstić information content (AvgIpc) is 2.34. The van der Waals surface area contributed by atoms with Gasteiger partial charge in [0.2, 0.25) is 0 Å². The molecule has 0 aliphatic rings. The number of nitrogens with two attached hydrogens (primary N) is 2. The third-order valence-electron chi connectivity index (χ3n) is 3.12. The molecule has 0 radical (unpaired) electrons. The monoisotopic (exact) mass is 263 g/mol. The molecular formula is C13H18N3OP. The van der Waals surface area contributed by atoms with Crippen LogP contribution >= 0.6 is 7.59 Å². The molecule has 0 saturated heterocycles. The van der Waals surface area contributed by atoms with E-state index in [1.165, 1.54) is 21.0 Å². The van der Waals surface area contributed by atoms with Crippen LogP contribution in [0.5, 0.6) is 0 Å². The van der Waals surface area contributed by atoms with E-state index in [-0.39, 0.29) is 0 Å². The molecule has 0 atom stereocenters. The number of rotatable bonds is 4. The van der Waals surface area contributed by atoms with E-state index in [1.807, 2.05) is 18.2 Å². The first-order valence-corrected chi connectivity index (χ1v) is 7.64. The highest BCUT2D eigenvalue weighted by molar-refractivity contribution is 7.56. The van der Waals surface area contributed by atoms with Crippen molar-refractivity contribution in [3.63, 3.8) is 0 Å². The lowest BCUT2D eigenvalue weighted by molar-refractivity contribution is 0.472. The molecule has 18 heavy (non-hydrogen) atoms. The molecule has 0 aromatic heterocycles. The fourth-order valence-corrected chi connectivity index (χ4v) is 2.36. The highest BCUT2D eigenvalue weighted by Crippen LogP contribution is 2.29. The van der Waals surface area contributed by atoms with Gasteiger partial charge in [0.1, 0.15) is 0 Å². The second kappa shape index (κ2) is 5.21. The van der Waals surface area contributed by atoms with Gasteiger partial charge in [0.25, 0.3) is 7.59 Å². The van der Waals surface area contributed by atoms with Crippen molar-refractivity contribution in [2.45, 2.75) is 6.42 Å². The molecule has 2 aromatic rings. The van der Waals surface area contributed by atoms with Crippen molar-refractivity contribution in [1.29, 1.82) is 0 Å².